The van der Waals surface area contributed by atoms with Crippen LogP contribution in [0.1, 0.15) is 44.5 Å². The lowest BCUT2D eigenvalue weighted by Gasteiger charge is -2.34. The molecule has 0 fully saturated rings. The maximum Gasteiger partial charge on any atom is 0.164 e. The van der Waals surface area contributed by atoms with Crippen LogP contribution in [0.15, 0.2) is 315 Å². The Hall–Kier alpha value is -11.3. The maximum atomic E-state index is 5.49. The molecule has 15 aromatic rings. The van der Waals surface area contributed by atoms with E-state index in [1.165, 1.54) is 94.2 Å². The summed E-state index contributed by atoms with van der Waals surface area (Å²) >= 11 is 0. The minimum absolute atomic E-state index is 0.505. The van der Waals surface area contributed by atoms with Crippen molar-refractivity contribution < 1.29 is 0 Å². The summed E-state index contributed by atoms with van der Waals surface area (Å²) in [5, 5.41) is 2.35. The number of fused-ring (bicyclic) bond motifs is 16. The monoisotopic (exact) mass is 1100 g/mol. The van der Waals surface area contributed by atoms with Crippen molar-refractivity contribution in [2.24, 2.45) is 0 Å². The molecule has 0 saturated carbocycles. The third-order valence-corrected chi connectivity index (χ3v) is 19.0. The van der Waals surface area contributed by atoms with Crippen LogP contribution in [0.25, 0.3) is 117 Å². The van der Waals surface area contributed by atoms with Crippen LogP contribution in [-0.4, -0.2) is 19.5 Å². The molecule has 0 radical (unpaired) electrons. The Kier molecular flexibility index (Phi) is 10.8. The first-order valence-electron chi connectivity index (χ1n) is 30.0. The maximum absolute atomic E-state index is 5.49. The Bertz CT molecular complexity index is 5170. The second-order valence-electron chi connectivity index (χ2n) is 23.3. The summed E-state index contributed by atoms with van der Waals surface area (Å²) in [7, 11) is 0. The number of aromatic nitrogens is 4. The van der Waals surface area contributed by atoms with Gasteiger partial charge in [0, 0.05) is 33.2 Å². The van der Waals surface area contributed by atoms with Crippen molar-refractivity contribution in [3.8, 4) is 95.5 Å². The van der Waals surface area contributed by atoms with Crippen LogP contribution in [0.2, 0.25) is 0 Å². The van der Waals surface area contributed by atoms with Gasteiger partial charge in [-0.15, -0.1) is 0 Å². The third-order valence-electron chi connectivity index (χ3n) is 19.0. The number of hydrogen-bond acceptors (Lipinski definition) is 3. The lowest BCUT2D eigenvalue weighted by molar-refractivity contribution is 0.767. The molecule has 4 heteroatoms. The van der Waals surface area contributed by atoms with Gasteiger partial charge in [-0.2, -0.15) is 0 Å². The van der Waals surface area contributed by atoms with Crippen molar-refractivity contribution in [3.63, 3.8) is 0 Å². The molecular weight excluding hydrogens is 1050 g/mol. The first-order chi connectivity index (χ1) is 43.1. The third kappa shape index (κ3) is 7.10. The fourth-order valence-electron chi connectivity index (χ4n) is 15.4. The molecule has 2 heterocycles. The molecule has 0 N–H and O–H groups in total. The highest BCUT2D eigenvalue weighted by atomic mass is 15.0. The Morgan fingerprint density at radius 1 is 0.230 bits per heavy atom. The molecule has 2 aromatic heterocycles. The Balaban J connectivity index is 0.825. The number of rotatable bonds is 8. The first-order valence-corrected chi connectivity index (χ1v) is 30.0. The summed E-state index contributed by atoms with van der Waals surface area (Å²) in [6.45, 7) is 0. The minimum atomic E-state index is -0.548. The lowest BCUT2D eigenvalue weighted by atomic mass is 9.67. The van der Waals surface area contributed by atoms with Gasteiger partial charge in [0.05, 0.1) is 21.9 Å². The van der Waals surface area contributed by atoms with E-state index in [9.17, 15) is 0 Å². The lowest BCUT2D eigenvalue weighted by Crippen LogP contribution is -2.28. The zero-order chi connectivity index (χ0) is 57.2. The van der Waals surface area contributed by atoms with Crippen LogP contribution >= 0.6 is 0 Å². The van der Waals surface area contributed by atoms with Crippen molar-refractivity contribution in [2.45, 2.75) is 10.8 Å². The predicted octanol–water partition coefficient (Wildman–Crippen LogP) is 20.0. The normalized spacial score (nSPS) is 13.5. The minimum Gasteiger partial charge on any atom is -0.309 e. The molecule has 4 nitrogen and oxygen atoms in total. The summed E-state index contributed by atoms with van der Waals surface area (Å²) in [5.74, 6) is 1.85. The highest BCUT2D eigenvalue weighted by molar-refractivity contribution is 6.17. The molecule has 0 aliphatic heterocycles. The predicted molar refractivity (Wildman–Crippen MR) is 355 cm³/mol. The number of nitrogens with zero attached hydrogens (tertiary/aromatic N) is 4. The Morgan fingerprint density at radius 2 is 0.644 bits per heavy atom. The average molecular weight is 1110 g/mol. The molecule has 3 aliphatic carbocycles. The molecule has 0 unspecified atom stereocenters. The van der Waals surface area contributed by atoms with Gasteiger partial charge in [0.2, 0.25) is 0 Å². The average Bonchev–Trinajstić information content (AvgIpc) is 1.55. The first kappa shape index (κ1) is 49.1. The standard InChI is InChI=1S/C83H52N4/c1-5-23-53(24-6-1)55-44-48-76-69(50-55)78-62(37-22-42-77(78)87(76)61-45-47-68-65-35-13-17-38-70(65)82(75(68)52-61,59-29-9-3-10-30-59)60-31-11-4-12-32-60)56-27-21-28-57(49-56)80-84-79(54-25-7-2-8-26-54)85-81(86-80)58-43-46-67-66-36-16-20-41-73(66)83(74(67)51-58)71-39-18-14-33-63(71)64-34-15-19-40-72(64)83/h1-52H. The highest BCUT2D eigenvalue weighted by Gasteiger charge is 2.52. The van der Waals surface area contributed by atoms with E-state index in [1.54, 1.807) is 0 Å². The van der Waals surface area contributed by atoms with E-state index in [2.05, 4.69) is 314 Å². The van der Waals surface area contributed by atoms with Gasteiger partial charge in [0.1, 0.15) is 0 Å². The molecule has 0 atom stereocenters. The smallest absolute Gasteiger partial charge is 0.164 e. The van der Waals surface area contributed by atoms with Crippen LogP contribution in [0, 0.1) is 0 Å². The van der Waals surface area contributed by atoms with Gasteiger partial charge < -0.3 is 4.57 Å². The van der Waals surface area contributed by atoms with Gasteiger partial charge in [-0.05, 0) is 143 Å². The van der Waals surface area contributed by atoms with Crippen molar-refractivity contribution in [3.05, 3.63) is 360 Å². The molecule has 404 valence electrons. The van der Waals surface area contributed by atoms with Crippen molar-refractivity contribution in [2.75, 3.05) is 0 Å². The van der Waals surface area contributed by atoms with Crippen LogP contribution in [-0.2, 0) is 10.8 Å². The zero-order valence-corrected chi connectivity index (χ0v) is 47.3. The van der Waals surface area contributed by atoms with E-state index in [0.29, 0.717) is 17.5 Å². The summed E-state index contributed by atoms with van der Waals surface area (Å²) in [5.41, 5.74) is 27.3. The number of benzene rings is 13. The van der Waals surface area contributed by atoms with Crippen molar-refractivity contribution in [1.82, 2.24) is 19.5 Å². The van der Waals surface area contributed by atoms with Gasteiger partial charge in [-0.3, -0.25) is 0 Å². The molecule has 3 aliphatic rings. The van der Waals surface area contributed by atoms with Gasteiger partial charge in [-0.25, -0.2) is 15.0 Å². The second kappa shape index (κ2) is 19.1. The van der Waals surface area contributed by atoms with E-state index in [1.807, 2.05) is 6.07 Å². The van der Waals surface area contributed by atoms with Crippen LogP contribution in [0.3, 0.4) is 0 Å². The zero-order valence-electron chi connectivity index (χ0n) is 47.3. The van der Waals surface area contributed by atoms with Gasteiger partial charge in [-0.1, -0.05) is 273 Å². The quantitative estimate of drug-likeness (QED) is 0.152. The fraction of sp³-hybridized carbons (Fsp3) is 0.0241. The topological polar surface area (TPSA) is 43.6 Å². The molecule has 0 bridgehead atoms. The summed E-state index contributed by atoms with van der Waals surface area (Å²) in [6.07, 6.45) is 0. The highest BCUT2D eigenvalue weighted by Crippen LogP contribution is 2.63. The van der Waals surface area contributed by atoms with E-state index < -0.39 is 10.8 Å². The SMILES string of the molecule is c1ccc(-c2ccc3c(c2)c2c(-c4cccc(-c5nc(-c6ccccc6)nc(-c6ccc7c(c6)C6(c8ccccc8-c8ccccc86)c6ccccc6-7)n5)c4)cccc2n3-c2ccc3c(c2)C(c2ccccc2)(c2ccccc2)c2ccccc2-3)cc1. The Labute approximate surface area is 504 Å². The fourth-order valence-corrected chi connectivity index (χ4v) is 15.4. The summed E-state index contributed by atoms with van der Waals surface area (Å²) < 4.78 is 2.49. The van der Waals surface area contributed by atoms with Gasteiger partial charge in [0.25, 0.3) is 0 Å². The molecule has 13 aromatic carbocycles. The van der Waals surface area contributed by atoms with Crippen molar-refractivity contribution >= 4 is 21.8 Å². The molecule has 1 spiro atoms. The van der Waals surface area contributed by atoms with Crippen LogP contribution in [0.4, 0.5) is 0 Å². The largest absolute Gasteiger partial charge is 0.309 e. The summed E-state index contributed by atoms with van der Waals surface area (Å²) in [4.78, 5) is 16.2. The molecule has 0 amide bonds. The van der Waals surface area contributed by atoms with E-state index in [0.717, 1.165) is 50.1 Å². The Morgan fingerprint density at radius 3 is 1.23 bits per heavy atom. The van der Waals surface area contributed by atoms with Crippen LogP contribution < -0.4 is 0 Å². The van der Waals surface area contributed by atoms with Crippen LogP contribution in [0.5, 0.6) is 0 Å². The van der Waals surface area contributed by atoms with E-state index in [4.69, 9.17) is 15.0 Å². The van der Waals surface area contributed by atoms with Gasteiger partial charge >= 0.3 is 0 Å². The molecule has 87 heavy (non-hydrogen) atoms. The second-order valence-corrected chi connectivity index (χ2v) is 23.3. The van der Waals surface area contributed by atoms with E-state index in [-0.39, 0.29) is 0 Å². The molecular formula is C83H52N4. The van der Waals surface area contributed by atoms with E-state index >= 15 is 0 Å². The summed E-state index contributed by atoms with van der Waals surface area (Å²) in [6, 6.07) is 116. The molecule has 18 rings (SSSR count). The van der Waals surface area contributed by atoms with Gasteiger partial charge in [0.15, 0.2) is 17.5 Å². The number of hydrogen-bond donors (Lipinski definition) is 0. The van der Waals surface area contributed by atoms with Crippen molar-refractivity contribution in [1.29, 1.82) is 0 Å². The molecule has 0 saturated heterocycles.